The van der Waals surface area contributed by atoms with Crippen molar-refractivity contribution in [1.82, 2.24) is 0 Å². The molecule has 3 aromatic rings. The van der Waals surface area contributed by atoms with E-state index in [1.165, 1.54) is 18.2 Å². The lowest BCUT2D eigenvalue weighted by molar-refractivity contribution is 0.0533. The molecule has 1 heterocycles. The molecule has 0 aromatic heterocycles. The van der Waals surface area contributed by atoms with Gasteiger partial charge in [0, 0.05) is 11.1 Å². The zero-order valence-corrected chi connectivity index (χ0v) is 21.5. The fourth-order valence-electron chi connectivity index (χ4n) is 4.41. The maximum absolute atomic E-state index is 13.2. The van der Waals surface area contributed by atoms with E-state index in [0.29, 0.717) is 22.3 Å². The second kappa shape index (κ2) is 10.1. The van der Waals surface area contributed by atoms with Gasteiger partial charge in [-0.3, -0.25) is 0 Å². The molecule has 1 aliphatic rings. The lowest BCUT2D eigenvalue weighted by atomic mass is 9.90. The molecule has 3 aromatic carbocycles. The van der Waals surface area contributed by atoms with Gasteiger partial charge < -0.3 is 14.0 Å². The Morgan fingerprint density at radius 3 is 2.46 bits per heavy atom. The summed E-state index contributed by atoms with van der Waals surface area (Å²) in [6.07, 6.45) is 5.12. The summed E-state index contributed by atoms with van der Waals surface area (Å²) in [5, 5.41) is 9.57. The quantitative estimate of drug-likeness (QED) is 0.303. The summed E-state index contributed by atoms with van der Waals surface area (Å²) in [5.74, 6) is -1.83. The smallest absolute Gasteiger partial charge is 0.342 e. The normalized spacial score (nSPS) is 12.9. The van der Waals surface area contributed by atoms with Gasteiger partial charge >= 0.3 is 22.1 Å². The van der Waals surface area contributed by atoms with Crippen LogP contribution in [0.2, 0.25) is 0 Å². The van der Waals surface area contributed by atoms with Gasteiger partial charge in [-0.25, -0.2) is 9.59 Å². The van der Waals surface area contributed by atoms with Crippen molar-refractivity contribution in [2.45, 2.75) is 38.7 Å². The first kappa shape index (κ1) is 25.9. The third kappa shape index (κ3) is 4.93. The van der Waals surface area contributed by atoms with Gasteiger partial charge in [-0.2, -0.15) is 8.42 Å². The molecule has 0 saturated heterocycles. The Bertz CT molecular complexity index is 1560. The van der Waals surface area contributed by atoms with Crippen molar-refractivity contribution >= 4 is 34.2 Å². The van der Waals surface area contributed by atoms with Crippen molar-refractivity contribution in [2.75, 3.05) is 0 Å². The molecule has 0 saturated carbocycles. The number of hydrogen-bond acceptors (Lipinski definition) is 6. The molecule has 8 heteroatoms. The van der Waals surface area contributed by atoms with Gasteiger partial charge in [-0.1, -0.05) is 54.6 Å². The number of aromatic carboxylic acids is 1. The summed E-state index contributed by atoms with van der Waals surface area (Å²) >= 11 is 0. The highest BCUT2D eigenvalue weighted by molar-refractivity contribution is 7.87. The van der Waals surface area contributed by atoms with E-state index in [9.17, 15) is 23.1 Å². The fourth-order valence-corrected chi connectivity index (χ4v) is 5.38. The number of cyclic esters (lactones) is 1. The number of fused-ring (bicyclic) bond motifs is 1. The van der Waals surface area contributed by atoms with Crippen LogP contribution in [0.1, 0.15) is 59.7 Å². The number of ether oxygens (including phenoxy) is 1. The van der Waals surface area contributed by atoms with Crippen LogP contribution < -0.4 is 4.18 Å². The van der Waals surface area contributed by atoms with E-state index in [2.05, 4.69) is 6.58 Å². The SMILES string of the molecule is C=Cc1c(C)c2c(c(OS(=O)(=O)c3ccc(C)cc3)c1CC=Cc1c(C)cccc1C(=O)O)C(=O)OC2. The number of carboxylic acid groups (broad SMARTS) is 1. The topological polar surface area (TPSA) is 107 Å². The van der Waals surface area contributed by atoms with Gasteiger partial charge in [0.25, 0.3) is 0 Å². The number of aryl methyl sites for hydroxylation is 2. The summed E-state index contributed by atoms with van der Waals surface area (Å²) in [6, 6.07) is 11.2. The minimum absolute atomic E-state index is 0.00306. The van der Waals surface area contributed by atoms with Crippen molar-refractivity contribution in [3.05, 3.63) is 105 Å². The van der Waals surface area contributed by atoms with Gasteiger partial charge in [0.2, 0.25) is 0 Å². The Morgan fingerprint density at radius 2 is 1.81 bits per heavy atom. The third-order valence-corrected chi connectivity index (χ3v) is 7.64. The molecule has 37 heavy (non-hydrogen) atoms. The van der Waals surface area contributed by atoms with E-state index >= 15 is 0 Å². The van der Waals surface area contributed by atoms with Crippen LogP contribution in [0.5, 0.6) is 5.75 Å². The number of carbonyl (C=O) groups excluding carboxylic acids is 1. The largest absolute Gasteiger partial charge is 0.478 e. The zero-order chi connectivity index (χ0) is 26.9. The molecule has 0 bridgehead atoms. The number of carboxylic acids is 1. The van der Waals surface area contributed by atoms with Gasteiger partial charge in [-0.05, 0) is 67.6 Å². The first-order valence-corrected chi connectivity index (χ1v) is 12.9. The lowest BCUT2D eigenvalue weighted by Gasteiger charge is -2.18. The molecule has 0 aliphatic carbocycles. The monoisotopic (exact) mass is 518 g/mol. The lowest BCUT2D eigenvalue weighted by Crippen LogP contribution is -2.15. The molecule has 0 spiro atoms. The van der Waals surface area contributed by atoms with Crippen molar-refractivity contribution in [3.8, 4) is 5.75 Å². The Hall–Kier alpha value is -4.17. The standard InChI is InChI=1S/C29H26O7S/c1-5-21-19(4)25-16-35-29(32)26(25)27(36-37(33,34)20-14-12-17(2)13-15-20)23(21)10-7-9-22-18(3)8-6-11-24(22)28(30)31/h5-9,11-15H,1,10,16H2,2-4H3,(H,30,31). The summed E-state index contributed by atoms with van der Waals surface area (Å²) in [4.78, 5) is 24.4. The van der Waals surface area contributed by atoms with Gasteiger partial charge in [-0.15, -0.1) is 0 Å². The van der Waals surface area contributed by atoms with Gasteiger partial charge in [0.15, 0.2) is 5.75 Å². The minimum Gasteiger partial charge on any atom is -0.478 e. The molecule has 0 amide bonds. The zero-order valence-electron chi connectivity index (χ0n) is 20.7. The number of hydrogen-bond donors (Lipinski definition) is 1. The summed E-state index contributed by atoms with van der Waals surface area (Å²) in [5.41, 5.74) is 4.75. The number of carbonyl (C=O) groups is 2. The van der Waals surface area contributed by atoms with E-state index in [1.807, 2.05) is 13.8 Å². The Balaban J connectivity index is 1.86. The van der Waals surface area contributed by atoms with Crippen LogP contribution in [0.4, 0.5) is 0 Å². The summed E-state index contributed by atoms with van der Waals surface area (Å²) < 4.78 is 37.4. The van der Waals surface area contributed by atoms with Crippen molar-refractivity contribution < 1.29 is 32.0 Å². The average molecular weight is 519 g/mol. The highest BCUT2D eigenvalue weighted by atomic mass is 32.2. The van der Waals surface area contributed by atoms with Crippen LogP contribution >= 0.6 is 0 Å². The van der Waals surface area contributed by atoms with Crippen LogP contribution in [0.3, 0.4) is 0 Å². The maximum atomic E-state index is 13.2. The predicted molar refractivity (Wildman–Crippen MR) is 140 cm³/mol. The van der Waals surface area contributed by atoms with E-state index < -0.39 is 22.1 Å². The van der Waals surface area contributed by atoms with Crippen LogP contribution in [0.25, 0.3) is 12.2 Å². The van der Waals surface area contributed by atoms with Gasteiger partial charge in [0.05, 0.1) is 5.56 Å². The van der Waals surface area contributed by atoms with E-state index in [4.69, 9.17) is 8.92 Å². The molecule has 7 nitrogen and oxygen atoms in total. The van der Waals surface area contributed by atoms with Crippen molar-refractivity contribution in [1.29, 1.82) is 0 Å². The number of esters is 1. The van der Waals surface area contributed by atoms with Gasteiger partial charge in [0.1, 0.15) is 17.1 Å². The molecule has 1 aliphatic heterocycles. The van der Waals surface area contributed by atoms with Crippen LogP contribution in [-0.2, 0) is 27.9 Å². The first-order valence-electron chi connectivity index (χ1n) is 11.5. The highest BCUT2D eigenvalue weighted by Crippen LogP contribution is 2.40. The Labute approximate surface area is 215 Å². The maximum Gasteiger partial charge on any atom is 0.342 e. The summed E-state index contributed by atoms with van der Waals surface area (Å²) in [7, 11) is -4.28. The summed E-state index contributed by atoms with van der Waals surface area (Å²) in [6.45, 7) is 9.35. The average Bonchev–Trinajstić information content (AvgIpc) is 3.24. The second-order valence-electron chi connectivity index (χ2n) is 8.78. The Kier molecular flexibility index (Phi) is 7.05. The van der Waals surface area contributed by atoms with E-state index in [-0.39, 0.29) is 34.8 Å². The Morgan fingerprint density at radius 1 is 1.11 bits per heavy atom. The number of benzene rings is 3. The highest BCUT2D eigenvalue weighted by Gasteiger charge is 2.34. The minimum atomic E-state index is -4.28. The predicted octanol–water partition coefficient (Wildman–Crippen LogP) is 5.65. The molecule has 4 rings (SSSR count). The molecule has 190 valence electrons. The van der Waals surface area contributed by atoms with Crippen LogP contribution in [0.15, 0.2) is 60.0 Å². The molecular weight excluding hydrogens is 492 g/mol. The van der Waals surface area contributed by atoms with E-state index in [1.54, 1.807) is 49.4 Å². The molecular formula is C29H26O7S. The third-order valence-electron chi connectivity index (χ3n) is 6.40. The van der Waals surface area contributed by atoms with Crippen molar-refractivity contribution in [2.24, 2.45) is 0 Å². The van der Waals surface area contributed by atoms with Crippen LogP contribution in [-0.4, -0.2) is 25.5 Å². The molecule has 0 fully saturated rings. The second-order valence-corrected chi connectivity index (χ2v) is 10.3. The molecule has 1 N–H and O–H groups in total. The molecule has 0 atom stereocenters. The number of allylic oxidation sites excluding steroid dienone is 1. The van der Waals surface area contributed by atoms with Crippen LogP contribution in [0, 0.1) is 20.8 Å². The van der Waals surface area contributed by atoms with Crippen molar-refractivity contribution in [3.63, 3.8) is 0 Å². The molecule has 0 unspecified atom stereocenters. The van der Waals surface area contributed by atoms with E-state index in [0.717, 1.165) is 16.7 Å². The number of rotatable bonds is 8. The first-order chi connectivity index (χ1) is 17.5. The molecule has 0 radical (unpaired) electrons. The fraction of sp³-hybridized carbons (Fsp3) is 0.172.